The highest BCUT2D eigenvalue weighted by atomic mass is 16.4. The van der Waals surface area contributed by atoms with E-state index in [-0.39, 0.29) is 12.5 Å². The zero-order chi connectivity index (χ0) is 20.0. The van der Waals surface area contributed by atoms with Crippen LogP contribution in [0.25, 0.3) is 21.9 Å². The van der Waals surface area contributed by atoms with Gasteiger partial charge in [0.1, 0.15) is 5.52 Å². The van der Waals surface area contributed by atoms with Crippen LogP contribution in [0, 0.1) is 5.92 Å². The van der Waals surface area contributed by atoms with Gasteiger partial charge in [-0.1, -0.05) is 32.0 Å². The summed E-state index contributed by atoms with van der Waals surface area (Å²) in [6, 6.07) is 7.94. The summed E-state index contributed by atoms with van der Waals surface area (Å²) in [4.78, 5) is 30.0. The minimum absolute atomic E-state index is 0.130. The predicted octanol–water partition coefficient (Wildman–Crippen LogP) is 2.49. The second-order valence-electron chi connectivity index (χ2n) is 6.56. The number of nitrogens with zero attached hydrogens (tertiary/aromatic N) is 3. The number of anilines is 1. The molecule has 8 nitrogen and oxygen atoms in total. The van der Waals surface area contributed by atoms with Gasteiger partial charge >= 0.3 is 0 Å². The van der Waals surface area contributed by atoms with E-state index in [9.17, 15) is 4.79 Å². The maximum absolute atomic E-state index is 11.9. The van der Waals surface area contributed by atoms with E-state index >= 15 is 0 Å². The van der Waals surface area contributed by atoms with E-state index in [1.165, 1.54) is 0 Å². The summed E-state index contributed by atoms with van der Waals surface area (Å²) in [5.74, 6) is 0.0538. The fourth-order valence-corrected chi connectivity index (χ4v) is 2.74. The second-order valence-corrected chi connectivity index (χ2v) is 6.56. The Balaban J connectivity index is 0.000000596. The highest BCUT2D eigenvalue weighted by Crippen LogP contribution is 2.29. The van der Waals surface area contributed by atoms with Crippen LogP contribution in [0.15, 0.2) is 30.6 Å². The Morgan fingerprint density at radius 1 is 1.26 bits per heavy atom. The summed E-state index contributed by atoms with van der Waals surface area (Å²) in [6.07, 6.45) is 1.83. The Bertz CT molecular complexity index is 945. The van der Waals surface area contributed by atoms with Crippen LogP contribution < -0.4 is 10.6 Å². The van der Waals surface area contributed by atoms with Gasteiger partial charge in [-0.15, -0.1) is 0 Å². The van der Waals surface area contributed by atoms with Gasteiger partial charge < -0.3 is 20.3 Å². The molecule has 3 rings (SSSR count). The Hall–Kier alpha value is -3.00. The van der Waals surface area contributed by atoms with E-state index in [2.05, 4.69) is 39.0 Å². The second kappa shape index (κ2) is 9.09. The number of nitrogens with one attached hydrogen (secondary N) is 2. The third kappa shape index (κ3) is 5.24. The monoisotopic (exact) mass is 371 g/mol. The van der Waals surface area contributed by atoms with Crippen molar-refractivity contribution in [2.75, 3.05) is 18.9 Å². The first-order valence-corrected chi connectivity index (χ1v) is 8.71. The smallest absolute Gasteiger partial charge is 0.300 e. The Kier molecular flexibility index (Phi) is 6.84. The van der Waals surface area contributed by atoms with Crippen molar-refractivity contribution in [3.8, 4) is 0 Å². The molecule has 1 aromatic carbocycles. The van der Waals surface area contributed by atoms with Crippen LogP contribution in [-0.2, 0) is 16.1 Å². The maximum atomic E-state index is 11.9. The number of carbonyl (C=O) groups excluding carboxylic acids is 1. The zero-order valence-electron chi connectivity index (χ0n) is 16.0. The number of carbonyl (C=O) groups is 2. The Morgan fingerprint density at radius 3 is 2.56 bits per heavy atom. The summed E-state index contributed by atoms with van der Waals surface area (Å²) in [6.45, 7) is 6.53. The fraction of sp³-hybridized carbons (Fsp3) is 0.368. The first-order chi connectivity index (χ1) is 12.8. The third-order valence-corrected chi connectivity index (χ3v) is 3.61. The molecule has 27 heavy (non-hydrogen) atoms. The van der Waals surface area contributed by atoms with Crippen molar-refractivity contribution in [1.82, 2.24) is 19.9 Å². The van der Waals surface area contributed by atoms with Crippen molar-refractivity contribution in [3.05, 3.63) is 30.6 Å². The van der Waals surface area contributed by atoms with Crippen molar-refractivity contribution < 1.29 is 14.7 Å². The number of amides is 1. The summed E-state index contributed by atoms with van der Waals surface area (Å²) >= 11 is 0. The van der Waals surface area contributed by atoms with E-state index in [1.807, 2.05) is 30.6 Å². The first kappa shape index (κ1) is 20.3. The van der Waals surface area contributed by atoms with Crippen molar-refractivity contribution in [2.45, 2.75) is 27.3 Å². The van der Waals surface area contributed by atoms with E-state index in [4.69, 9.17) is 9.90 Å². The topological polar surface area (TPSA) is 109 Å². The number of imidazole rings is 1. The maximum Gasteiger partial charge on any atom is 0.300 e. The van der Waals surface area contributed by atoms with Crippen molar-refractivity contribution in [2.24, 2.45) is 5.92 Å². The lowest BCUT2D eigenvalue weighted by Gasteiger charge is -2.11. The van der Waals surface area contributed by atoms with E-state index in [0.717, 1.165) is 35.4 Å². The van der Waals surface area contributed by atoms with Crippen LogP contribution in [0.5, 0.6) is 0 Å². The number of fused-ring (bicyclic) bond motifs is 3. The van der Waals surface area contributed by atoms with Crippen LogP contribution in [0.1, 0.15) is 20.8 Å². The molecule has 0 saturated carbocycles. The molecule has 2 aromatic heterocycles. The summed E-state index contributed by atoms with van der Waals surface area (Å²) in [5.41, 5.74) is 2.60. The first-order valence-electron chi connectivity index (χ1n) is 8.71. The van der Waals surface area contributed by atoms with Gasteiger partial charge in [-0.3, -0.25) is 9.59 Å². The van der Waals surface area contributed by atoms with Crippen molar-refractivity contribution in [1.29, 1.82) is 0 Å². The molecule has 0 radical (unpaired) electrons. The SMILES string of the molecule is CC(=O)O.CNCC(=O)Nc1nc2ccccc2c2c1ncn2CC(C)C. The number of benzene rings is 1. The quantitative estimate of drug-likeness (QED) is 0.636. The Morgan fingerprint density at radius 2 is 1.93 bits per heavy atom. The lowest BCUT2D eigenvalue weighted by atomic mass is 10.1. The molecule has 2 heterocycles. The minimum atomic E-state index is -0.833. The summed E-state index contributed by atoms with van der Waals surface area (Å²) < 4.78 is 2.14. The predicted molar refractivity (Wildman–Crippen MR) is 106 cm³/mol. The molecular weight excluding hydrogens is 346 g/mol. The van der Waals surface area contributed by atoms with E-state index < -0.39 is 5.97 Å². The number of pyridine rings is 1. The van der Waals surface area contributed by atoms with Gasteiger partial charge in [-0.25, -0.2) is 9.97 Å². The van der Waals surface area contributed by atoms with E-state index in [0.29, 0.717) is 11.7 Å². The van der Waals surface area contributed by atoms with Gasteiger partial charge in [0.05, 0.1) is 23.9 Å². The van der Waals surface area contributed by atoms with Gasteiger partial charge in [0.25, 0.3) is 5.97 Å². The molecule has 0 unspecified atom stereocenters. The van der Waals surface area contributed by atoms with Crippen molar-refractivity contribution >= 4 is 39.6 Å². The van der Waals surface area contributed by atoms with Crippen LogP contribution in [0.2, 0.25) is 0 Å². The molecule has 0 aliphatic rings. The molecule has 144 valence electrons. The summed E-state index contributed by atoms with van der Waals surface area (Å²) in [7, 11) is 1.74. The van der Waals surface area contributed by atoms with Gasteiger partial charge in [0, 0.05) is 18.9 Å². The highest BCUT2D eigenvalue weighted by Gasteiger charge is 2.15. The van der Waals surface area contributed by atoms with Crippen LogP contribution >= 0.6 is 0 Å². The largest absolute Gasteiger partial charge is 0.481 e. The molecule has 1 amide bonds. The molecule has 0 aliphatic heterocycles. The number of rotatable bonds is 5. The molecule has 0 spiro atoms. The number of hydrogen-bond donors (Lipinski definition) is 3. The third-order valence-electron chi connectivity index (χ3n) is 3.61. The molecule has 3 aromatic rings. The lowest BCUT2D eigenvalue weighted by molar-refractivity contribution is -0.134. The van der Waals surface area contributed by atoms with Crippen LogP contribution in [-0.4, -0.2) is 45.1 Å². The van der Waals surface area contributed by atoms with E-state index in [1.54, 1.807) is 7.05 Å². The lowest BCUT2D eigenvalue weighted by Crippen LogP contribution is -2.25. The Labute approximate surface area is 157 Å². The number of carboxylic acids is 1. The number of likely N-dealkylation sites (N-methyl/N-ethyl adjacent to an activating group) is 1. The summed E-state index contributed by atoms with van der Waals surface area (Å²) in [5, 5.41) is 14.2. The van der Waals surface area contributed by atoms with Crippen LogP contribution in [0.3, 0.4) is 0 Å². The van der Waals surface area contributed by atoms with Gasteiger partial charge in [-0.05, 0) is 19.0 Å². The van der Waals surface area contributed by atoms with Gasteiger partial charge in [0.2, 0.25) is 5.91 Å². The van der Waals surface area contributed by atoms with Crippen molar-refractivity contribution in [3.63, 3.8) is 0 Å². The average Bonchev–Trinajstić information content (AvgIpc) is 2.98. The molecule has 0 fully saturated rings. The number of para-hydroxylation sites is 1. The minimum Gasteiger partial charge on any atom is -0.481 e. The molecule has 8 heteroatoms. The molecule has 0 aliphatic carbocycles. The number of aliphatic carboxylic acids is 1. The molecular formula is C19H25N5O3. The number of aromatic nitrogens is 3. The van der Waals surface area contributed by atoms with Gasteiger partial charge in [0.15, 0.2) is 5.82 Å². The molecule has 0 bridgehead atoms. The number of carboxylic acid groups (broad SMARTS) is 1. The highest BCUT2D eigenvalue weighted by molar-refractivity contribution is 6.09. The normalized spacial score (nSPS) is 10.7. The zero-order valence-corrected chi connectivity index (χ0v) is 16.0. The number of hydrogen-bond acceptors (Lipinski definition) is 5. The standard InChI is InChI=1S/C17H21N5O.C2H4O2/c1-11(2)9-22-10-19-15-16(22)12-6-4-5-7-13(12)20-17(15)21-14(23)8-18-3;1-2(3)4/h4-7,10-11,18H,8-9H2,1-3H3,(H,20,21,23);1H3,(H,3,4). The van der Waals surface area contributed by atoms with Gasteiger partial charge in [-0.2, -0.15) is 0 Å². The average molecular weight is 371 g/mol. The molecule has 3 N–H and O–H groups in total. The fourth-order valence-electron chi connectivity index (χ4n) is 2.74. The van der Waals surface area contributed by atoms with Crippen LogP contribution in [0.4, 0.5) is 5.82 Å². The molecule has 0 saturated heterocycles. The molecule has 0 atom stereocenters.